The fourth-order valence-electron chi connectivity index (χ4n) is 2.13. The van der Waals surface area contributed by atoms with Crippen LogP contribution in [0.5, 0.6) is 0 Å². The molecule has 7 nitrogen and oxygen atoms in total. The molecule has 2 unspecified atom stereocenters. The van der Waals surface area contributed by atoms with Crippen molar-refractivity contribution in [2.24, 2.45) is 0 Å². The Morgan fingerprint density at radius 1 is 1.45 bits per heavy atom. The zero-order valence-corrected chi connectivity index (χ0v) is 12.4. The normalized spacial score (nSPS) is 21.2. The van der Waals surface area contributed by atoms with Crippen molar-refractivity contribution >= 4 is 11.9 Å². The van der Waals surface area contributed by atoms with Gasteiger partial charge in [0, 0.05) is 26.2 Å². The highest BCUT2D eigenvalue weighted by Gasteiger charge is 2.24. The Hall–Kier alpha value is -1.18. The van der Waals surface area contributed by atoms with Crippen LogP contribution in [-0.4, -0.2) is 76.0 Å². The van der Waals surface area contributed by atoms with Crippen molar-refractivity contribution in [3.8, 4) is 0 Å². The van der Waals surface area contributed by atoms with Crippen molar-refractivity contribution in [1.29, 1.82) is 0 Å². The second-order valence-corrected chi connectivity index (χ2v) is 4.93. The van der Waals surface area contributed by atoms with Gasteiger partial charge in [-0.1, -0.05) is 0 Å². The van der Waals surface area contributed by atoms with Gasteiger partial charge in [-0.05, 0) is 6.92 Å². The van der Waals surface area contributed by atoms with E-state index in [1.54, 1.807) is 7.11 Å². The molecule has 0 spiro atoms. The largest absolute Gasteiger partial charge is 0.469 e. The van der Waals surface area contributed by atoms with Crippen LogP contribution in [0.1, 0.15) is 13.3 Å². The maximum absolute atomic E-state index is 11.8. The summed E-state index contributed by atoms with van der Waals surface area (Å²) in [5.41, 5.74) is 0. The van der Waals surface area contributed by atoms with E-state index in [4.69, 9.17) is 9.47 Å². The summed E-state index contributed by atoms with van der Waals surface area (Å²) in [5.74, 6) is -0.344. The average Bonchev–Trinajstić information content (AvgIpc) is 2.38. The van der Waals surface area contributed by atoms with Crippen LogP contribution >= 0.6 is 0 Å². The molecule has 7 heteroatoms. The number of rotatable bonds is 7. The number of nitrogens with zero attached hydrogens (tertiary/aromatic N) is 1. The first-order valence-corrected chi connectivity index (χ1v) is 6.74. The molecule has 1 amide bonds. The van der Waals surface area contributed by atoms with Crippen LogP contribution in [0, 0.1) is 0 Å². The minimum absolute atomic E-state index is 0.0144. The van der Waals surface area contributed by atoms with Crippen molar-refractivity contribution < 1.29 is 23.8 Å². The van der Waals surface area contributed by atoms with Crippen LogP contribution in [0.2, 0.25) is 0 Å². The van der Waals surface area contributed by atoms with E-state index in [1.165, 1.54) is 7.11 Å². The quantitative estimate of drug-likeness (QED) is 0.631. The molecule has 0 bridgehead atoms. The topological polar surface area (TPSA) is 77.1 Å². The number of carbonyl (C=O) groups is 2. The highest BCUT2D eigenvalue weighted by atomic mass is 16.5. The highest BCUT2D eigenvalue weighted by molar-refractivity contribution is 5.78. The highest BCUT2D eigenvalue weighted by Crippen LogP contribution is 2.09. The SMILES string of the molecule is COCC(C)NC(=O)CN1CCOC(CC(=O)OC)C1. The predicted octanol–water partition coefficient (Wildman–Crippen LogP) is -0.599. The first kappa shape index (κ1) is 16.9. The number of hydrogen-bond acceptors (Lipinski definition) is 6. The van der Waals surface area contributed by atoms with Crippen LogP contribution in [0.4, 0.5) is 0 Å². The lowest BCUT2D eigenvalue weighted by Crippen LogP contribution is -2.49. The fourth-order valence-corrected chi connectivity index (χ4v) is 2.13. The van der Waals surface area contributed by atoms with E-state index in [0.717, 1.165) is 0 Å². The molecule has 1 aliphatic heterocycles. The Morgan fingerprint density at radius 3 is 2.85 bits per heavy atom. The van der Waals surface area contributed by atoms with E-state index in [-0.39, 0.29) is 30.4 Å². The van der Waals surface area contributed by atoms with Crippen molar-refractivity contribution in [1.82, 2.24) is 10.2 Å². The number of methoxy groups -OCH3 is 2. The summed E-state index contributed by atoms with van der Waals surface area (Å²) < 4.78 is 15.1. The number of amides is 1. The minimum atomic E-state index is -0.296. The number of carbonyl (C=O) groups excluding carboxylic acids is 2. The first-order valence-electron chi connectivity index (χ1n) is 6.74. The van der Waals surface area contributed by atoms with Gasteiger partial charge in [0.25, 0.3) is 0 Å². The number of hydrogen-bond donors (Lipinski definition) is 1. The van der Waals surface area contributed by atoms with Gasteiger partial charge in [0.2, 0.25) is 5.91 Å². The second kappa shape index (κ2) is 8.89. The molecule has 20 heavy (non-hydrogen) atoms. The van der Waals surface area contributed by atoms with E-state index in [9.17, 15) is 9.59 Å². The molecular weight excluding hydrogens is 264 g/mol. The van der Waals surface area contributed by atoms with Gasteiger partial charge in [-0.3, -0.25) is 14.5 Å². The standard InChI is InChI=1S/C13H24N2O5/c1-10(9-18-2)14-12(16)8-15-4-5-20-11(7-15)6-13(17)19-3/h10-11H,4-9H2,1-3H3,(H,14,16). The Morgan fingerprint density at radius 2 is 2.20 bits per heavy atom. The third-order valence-electron chi connectivity index (χ3n) is 3.04. The Labute approximate surface area is 119 Å². The Bertz CT molecular complexity index is 324. The number of ether oxygens (including phenoxy) is 3. The van der Waals surface area contributed by atoms with Gasteiger partial charge >= 0.3 is 5.97 Å². The molecule has 1 fully saturated rings. The molecule has 0 aromatic rings. The van der Waals surface area contributed by atoms with Crippen LogP contribution in [0.3, 0.4) is 0 Å². The van der Waals surface area contributed by atoms with Crippen molar-refractivity contribution in [3.05, 3.63) is 0 Å². The number of esters is 1. The van der Waals surface area contributed by atoms with Crippen LogP contribution in [0.15, 0.2) is 0 Å². The fraction of sp³-hybridized carbons (Fsp3) is 0.846. The third-order valence-corrected chi connectivity index (χ3v) is 3.04. The maximum Gasteiger partial charge on any atom is 0.308 e. The van der Waals surface area contributed by atoms with E-state index in [0.29, 0.717) is 32.8 Å². The molecular formula is C13H24N2O5. The lowest BCUT2D eigenvalue weighted by Gasteiger charge is -2.32. The summed E-state index contributed by atoms with van der Waals surface area (Å²) in [7, 11) is 2.95. The van der Waals surface area contributed by atoms with Gasteiger partial charge in [0.05, 0.1) is 39.4 Å². The molecule has 1 rings (SSSR count). The summed E-state index contributed by atoms with van der Waals surface area (Å²) in [5, 5.41) is 2.86. The smallest absolute Gasteiger partial charge is 0.308 e. The summed E-state index contributed by atoms with van der Waals surface area (Å²) >= 11 is 0. The summed E-state index contributed by atoms with van der Waals surface area (Å²) in [6.45, 7) is 4.43. The summed E-state index contributed by atoms with van der Waals surface area (Å²) in [6, 6.07) is -0.0144. The first-order chi connectivity index (χ1) is 9.55. The molecule has 0 aliphatic carbocycles. The van der Waals surface area contributed by atoms with E-state index >= 15 is 0 Å². The number of morpholine rings is 1. The molecule has 1 aliphatic rings. The predicted molar refractivity (Wildman–Crippen MR) is 72.3 cm³/mol. The minimum Gasteiger partial charge on any atom is -0.469 e. The molecule has 1 saturated heterocycles. The molecule has 1 N–H and O–H groups in total. The molecule has 0 radical (unpaired) electrons. The van der Waals surface area contributed by atoms with Crippen LogP contribution in [-0.2, 0) is 23.8 Å². The molecule has 0 aromatic heterocycles. The lowest BCUT2D eigenvalue weighted by atomic mass is 10.2. The molecule has 0 aromatic carbocycles. The van der Waals surface area contributed by atoms with Crippen molar-refractivity contribution in [2.45, 2.75) is 25.5 Å². The molecule has 116 valence electrons. The number of nitrogens with one attached hydrogen (secondary N) is 1. The Balaban J connectivity index is 2.32. The lowest BCUT2D eigenvalue weighted by molar-refractivity contribution is -0.145. The second-order valence-electron chi connectivity index (χ2n) is 4.93. The van der Waals surface area contributed by atoms with Gasteiger partial charge in [-0.2, -0.15) is 0 Å². The van der Waals surface area contributed by atoms with Crippen LogP contribution in [0.25, 0.3) is 0 Å². The zero-order chi connectivity index (χ0) is 15.0. The molecule has 1 heterocycles. The third kappa shape index (κ3) is 6.31. The van der Waals surface area contributed by atoms with Gasteiger partial charge in [-0.25, -0.2) is 0 Å². The molecule has 0 saturated carbocycles. The maximum atomic E-state index is 11.8. The summed E-state index contributed by atoms with van der Waals surface area (Å²) in [6.07, 6.45) is 0.00900. The summed E-state index contributed by atoms with van der Waals surface area (Å²) in [4.78, 5) is 25.0. The van der Waals surface area contributed by atoms with Gasteiger partial charge in [0.1, 0.15) is 0 Å². The van der Waals surface area contributed by atoms with E-state index in [1.807, 2.05) is 11.8 Å². The average molecular weight is 288 g/mol. The Kier molecular flexibility index (Phi) is 7.50. The van der Waals surface area contributed by atoms with Gasteiger partial charge in [0.15, 0.2) is 0 Å². The van der Waals surface area contributed by atoms with Crippen LogP contribution < -0.4 is 5.32 Å². The van der Waals surface area contributed by atoms with Gasteiger partial charge < -0.3 is 19.5 Å². The molecule has 2 atom stereocenters. The zero-order valence-electron chi connectivity index (χ0n) is 12.4. The van der Waals surface area contributed by atoms with E-state index < -0.39 is 0 Å². The van der Waals surface area contributed by atoms with Crippen molar-refractivity contribution in [3.63, 3.8) is 0 Å². The van der Waals surface area contributed by atoms with Gasteiger partial charge in [-0.15, -0.1) is 0 Å². The van der Waals surface area contributed by atoms with Crippen molar-refractivity contribution in [2.75, 3.05) is 47.1 Å². The van der Waals surface area contributed by atoms with E-state index in [2.05, 4.69) is 10.1 Å². The monoisotopic (exact) mass is 288 g/mol.